The number of hydrogen-bond donors (Lipinski definition) is 0. The molecular formula is C102H126. The summed E-state index contributed by atoms with van der Waals surface area (Å²) in [6.07, 6.45) is 107. The molecule has 10 saturated carbocycles. The van der Waals surface area contributed by atoms with Crippen molar-refractivity contribution in [2.75, 3.05) is 0 Å². The Morgan fingerprint density at radius 1 is 0.186 bits per heavy atom. The van der Waals surface area contributed by atoms with E-state index in [1.165, 1.54) is 70.6 Å². The van der Waals surface area contributed by atoms with Gasteiger partial charge >= 0.3 is 0 Å². The largest absolute Gasteiger partial charge is 0.0879 e. The lowest BCUT2D eigenvalue weighted by Crippen LogP contribution is -2.24. The minimum atomic E-state index is 0.847. The van der Waals surface area contributed by atoms with Gasteiger partial charge in [-0.25, -0.2) is 0 Å². The van der Waals surface area contributed by atoms with E-state index in [1.54, 1.807) is 0 Å². The highest BCUT2D eigenvalue weighted by Gasteiger charge is 2.59. The molecule has 29 rings (SSSR count). The van der Waals surface area contributed by atoms with E-state index >= 15 is 0 Å². The summed E-state index contributed by atoms with van der Waals surface area (Å²) in [6.45, 7) is 16.6. The van der Waals surface area contributed by atoms with E-state index in [0.717, 1.165) is 272 Å². The third kappa shape index (κ3) is 10.6. The van der Waals surface area contributed by atoms with Crippen molar-refractivity contribution in [1.29, 1.82) is 0 Å². The first-order chi connectivity index (χ1) is 49.9. The summed E-state index contributed by atoms with van der Waals surface area (Å²) >= 11 is 0. The van der Waals surface area contributed by atoms with E-state index in [9.17, 15) is 0 Å². The zero-order chi connectivity index (χ0) is 68.1. The third-order valence-electron chi connectivity index (χ3n) is 36.0. The summed E-state index contributed by atoms with van der Waals surface area (Å²) in [6, 6.07) is 0. The number of hydrogen-bond acceptors (Lipinski definition) is 0. The van der Waals surface area contributed by atoms with Crippen LogP contribution in [0.25, 0.3) is 0 Å². The average Bonchev–Trinajstić information content (AvgIpc) is 1.54. The molecule has 46 unspecified atom stereocenters. The maximum Gasteiger partial charge on any atom is -0.00142 e. The first-order valence-corrected chi connectivity index (χ1v) is 43.9. The van der Waals surface area contributed by atoms with Crippen LogP contribution < -0.4 is 0 Å². The molecule has 534 valence electrons. The Bertz CT molecular complexity index is 3340. The molecule has 102 heavy (non-hydrogen) atoms. The maximum absolute atomic E-state index is 2.69. The number of allylic oxidation sites excluding steroid dienone is 38. The Hall–Kier alpha value is -4.94. The molecule has 20 bridgehead atoms. The van der Waals surface area contributed by atoms with Gasteiger partial charge in [0.15, 0.2) is 0 Å². The fourth-order valence-electron chi connectivity index (χ4n) is 31.7. The van der Waals surface area contributed by atoms with Crippen LogP contribution in [0.3, 0.4) is 0 Å². The van der Waals surface area contributed by atoms with Gasteiger partial charge < -0.3 is 0 Å². The average molecular weight is 1350 g/mol. The molecule has 0 aliphatic heterocycles. The summed E-state index contributed by atoms with van der Waals surface area (Å²) in [7, 11) is 0. The molecule has 0 heterocycles. The van der Waals surface area contributed by atoms with Crippen molar-refractivity contribution >= 4 is 0 Å². The summed E-state index contributed by atoms with van der Waals surface area (Å²) in [5, 5.41) is 0. The Kier molecular flexibility index (Phi) is 16.4. The predicted molar refractivity (Wildman–Crippen MR) is 424 cm³/mol. The van der Waals surface area contributed by atoms with Gasteiger partial charge in [-0.05, 0) is 343 Å². The molecule has 29 aliphatic carbocycles. The van der Waals surface area contributed by atoms with Gasteiger partial charge in [0.2, 0.25) is 0 Å². The van der Waals surface area contributed by atoms with Crippen molar-refractivity contribution in [1.82, 2.24) is 0 Å². The van der Waals surface area contributed by atoms with E-state index < -0.39 is 0 Å². The minimum absolute atomic E-state index is 0.847. The highest BCUT2D eigenvalue weighted by molar-refractivity contribution is 5.41. The molecule has 29 aliphatic rings. The molecule has 0 nitrogen and oxygen atoms in total. The van der Waals surface area contributed by atoms with Gasteiger partial charge in [-0.2, -0.15) is 0 Å². The third-order valence-corrected chi connectivity index (χ3v) is 36.0. The van der Waals surface area contributed by atoms with Crippen molar-refractivity contribution in [3.05, 3.63) is 230 Å². The van der Waals surface area contributed by atoms with Crippen LogP contribution in [-0.2, 0) is 0 Å². The molecule has 0 heteroatoms. The summed E-state index contributed by atoms with van der Waals surface area (Å²) in [5.74, 6) is 42.4. The SMILES string of the molecule is C1=CC2C3C=CC(C3)C2C1.C1=CC2CC1C1=CC3C4C=CC(C4)C3C12.CC1C=CC2C3C=CC(C3)C12.CC1C=CC2C3C=CC(C3)C12.CC1C=CC2C3C=CC(C3)C12.CC1C=CC2C3C=CC(C3)C12.CC1C=CC2C3C=CC(C3)C12.CC1C=CC2C3C=CC(C3)C12.CC1C=CC2C3C=CC(C3)C12. The Morgan fingerprint density at radius 3 is 0.706 bits per heavy atom. The van der Waals surface area contributed by atoms with Crippen LogP contribution in [0.1, 0.15) is 119 Å². The van der Waals surface area contributed by atoms with Crippen molar-refractivity contribution < 1.29 is 0 Å². The van der Waals surface area contributed by atoms with Crippen molar-refractivity contribution in [2.24, 2.45) is 272 Å². The lowest BCUT2D eigenvalue weighted by Gasteiger charge is -2.29. The quantitative estimate of drug-likeness (QED) is 0.212. The van der Waals surface area contributed by atoms with Gasteiger partial charge in [-0.1, -0.05) is 279 Å². The fraction of sp³-hybridized carbons (Fsp3) is 0.627. The Balaban J connectivity index is 0.0000000748. The van der Waals surface area contributed by atoms with Crippen molar-refractivity contribution in [3.63, 3.8) is 0 Å². The van der Waals surface area contributed by atoms with Gasteiger partial charge in [0.05, 0.1) is 0 Å². The second kappa shape index (κ2) is 25.6. The van der Waals surface area contributed by atoms with Gasteiger partial charge in [0.25, 0.3) is 0 Å². The molecular weight excluding hydrogens is 1230 g/mol. The predicted octanol–water partition coefficient (Wildman–Crippen LogP) is 24.0. The van der Waals surface area contributed by atoms with Crippen LogP contribution in [0.4, 0.5) is 0 Å². The molecule has 0 saturated heterocycles. The Morgan fingerprint density at radius 2 is 0.422 bits per heavy atom. The highest BCUT2D eigenvalue weighted by Crippen LogP contribution is 2.66. The molecule has 0 aromatic heterocycles. The van der Waals surface area contributed by atoms with Crippen LogP contribution in [-0.4, -0.2) is 0 Å². The van der Waals surface area contributed by atoms with Crippen LogP contribution in [0.2, 0.25) is 0 Å². The molecule has 46 atom stereocenters. The first kappa shape index (κ1) is 65.4. The van der Waals surface area contributed by atoms with E-state index in [0.29, 0.717) is 0 Å². The Labute approximate surface area is 617 Å². The van der Waals surface area contributed by atoms with Crippen LogP contribution in [0.15, 0.2) is 230 Å². The van der Waals surface area contributed by atoms with Crippen molar-refractivity contribution in [3.8, 4) is 0 Å². The summed E-state index contributed by atoms with van der Waals surface area (Å²) < 4.78 is 0. The minimum Gasteiger partial charge on any atom is -0.0879 e. The van der Waals surface area contributed by atoms with Gasteiger partial charge in [0, 0.05) is 0 Å². The molecule has 0 aromatic carbocycles. The molecule has 0 amide bonds. The monoisotopic (exact) mass is 1350 g/mol. The second-order valence-corrected chi connectivity index (χ2v) is 40.5. The normalized spacial score (nSPS) is 57.7. The van der Waals surface area contributed by atoms with E-state index in [1.807, 2.05) is 5.57 Å². The molecule has 0 aromatic rings. The zero-order valence-electron chi connectivity index (χ0n) is 63.2. The lowest BCUT2D eigenvalue weighted by molar-refractivity contribution is 0.270. The highest BCUT2D eigenvalue weighted by atomic mass is 14.6. The van der Waals surface area contributed by atoms with Gasteiger partial charge in [-0.3, -0.25) is 0 Å². The zero-order valence-corrected chi connectivity index (χ0v) is 63.2. The number of fused-ring (bicyclic) bond motifs is 51. The van der Waals surface area contributed by atoms with E-state index in [4.69, 9.17) is 0 Å². The van der Waals surface area contributed by atoms with E-state index in [2.05, 4.69) is 273 Å². The molecule has 0 radical (unpaired) electrons. The lowest BCUT2D eigenvalue weighted by atomic mass is 9.75. The van der Waals surface area contributed by atoms with Crippen LogP contribution >= 0.6 is 0 Å². The molecule has 0 spiro atoms. The van der Waals surface area contributed by atoms with Gasteiger partial charge in [0.1, 0.15) is 0 Å². The van der Waals surface area contributed by atoms with Crippen LogP contribution in [0, 0.1) is 272 Å². The summed E-state index contributed by atoms with van der Waals surface area (Å²) in [5.41, 5.74) is 1.84. The summed E-state index contributed by atoms with van der Waals surface area (Å²) in [4.78, 5) is 0. The smallest absolute Gasteiger partial charge is 0.00142 e. The first-order valence-electron chi connectivity index (χ1n) is 43.9. The van der Waals surface area contributed by atoms with E-state index in [-0.39, 0.29) is 0 Å². The van der Waals surface area contributed by atoms with Gasteiger partial charge in [-0.15, -0.1) is 0 Å². The molecule has 10 fully saturated rings. The number of rotatable bonds is 0. The van der Waals surface area contributed by atoms with Crippen LogP contribution in [0.5, 0.6) is 0 Å². The van der Waals surface area contributed by atoms with Crippen molar-refractivity contribution in [2.45, 2.75) is 119 Å². The fourth-order valence-corrected chi connectivity index (χ4v) is 31.7. The standard InChI is InChI=1S/C15H16.7C11H14.C10H12/c1-3-10-5-8(1)12-7-13-9-2-4-11(6-9)15(13)14(10)12;7*1-7-2-5-10-8-3-4-9(6-8)11(7)10;1-2-9-7-4-5-8(6-7)10(9)3-1/h1-4,7-12,14-15H,5-6H2;7*2-5,7-11H,6H2,1H3;1-2,4-5,7-10H,3,6H2. The molecule has 0 N–H and O–H groups in total. The maximum atomic E-state index is 2.69. The topological polar surface area (TPSA) is 0 Å². The second-order valence-electron chi connectivity index (χ2n) is 40.5.